The average molecular weight is 1350 g/mol. The van der Waals surface area contributed by atoms with E-state index in [1.165, 1.54) is 6.92 Å². The Bertz CT molecular complexity index is 3040. The lowest BCUT2D eigenvalue weighted by Gasteiger charge is -2.30. The number of aliphatic imine (C=N–C) groups is 2. The number of hydrogen-bond donors (Lipinski definition) is 19. The summed E-state index contributed by atoms with van der Waals surface area (Å²) in [6.45, 7) is -0.723. The zero-order chi connectivity index (χ0) is 66.9. The van der Waals surface area contributed by atoms with Crippen LogP contribution in [0.25, 0.3) is 10.9 Å². The number of aromatic amines is 1. The second-order valence-corrected chi connectivity index (χ2v) is 26.1. The average Bonchev–Trinajstić information content (AvgIpc) is 1.86. The molecule has 39 heteroatoms. The molecular formula is C52H78N20O15S4. The summed E-state index contributed by atoms with van der Waals surface area (Å²) < 4.78 is 0. The predicted octanol–water partition coefficient (Wildman–Crippen LogP) is -7.62. The second-order valence-electron chi connectivity index (χ2n) is 21.0. The number of guanidine groups is 2. The van der Waals surface area contributed by atoms with Crippen LogP contribution in [0.4, 0.5) is 0 Å². The normalized spacial score (nSPS) is 26.1. The standard InChI is InChI=1S/C52H78N20O15S4/c1-24-41(78)66-30(15-25-18-61-27-8-3-2-7-26(25)27)44(81)64-28(9-4-12-59-51(55)56)42(79)69-33(40(54)77)20-88-90-23-36-48(85)68-32(19-73)45(82)67-31(16-39(75)76)50(87)72-14-6-11-37(72)49(86)65-29(10-5-13-60-52(57)58)43(80)70-35(46(83)62-24)22-91-89-21-34(47(84)71-36)63-38(74)17-53/h2-3,7-8,18,24,28-37,61,73H,4-6,9-17,19-23,53H2,1H3,(H2,54,77)(H,62,83)(H,63,74)(H,64,81)(H,65,86)(H,66,78)(H,67,82)(H,68,85)(H,69,79)(H,70,80)(H,71,84)(H,75,76)(H4,55,56,59)(H4,57,58,60)/t24-,28-,29-,30-,31-,32-,33?,34-,35+,36-,37-/m0/s1. The molecule has 0 saturated carbocycles. The molecule has 3 aliphatic heterocycles. The molecule has 1 aromatic carbocycles. The summed E-state index contributed by atoms with van der Waals surface area (Å²) in [6, 6.07) is -10.5. The van der Waals surface area contributed by atoms with Crippen LogP contribution in [0, 0.1) is 0 Å². The summed E-state index contributed by atoms with van der Waals surface area (Å²) >= 11 is 0. The van der Waals surface area contributed by atoms with Crippen LogP contribution >= 0.6 is 43.2 Å². The maximum atomic E-state index is 14.7. The smallest absolute Gasteiger partial charge is 0.305 e. The highest BCUT2D eigenvalue weighted by Crippen LogP contribution is 2.27. The molecule has 3 saturated heterocycles. The Kier molecular flexibility index (Phi) is 29.5. The van der Waals surface area contributed by atoms with Gasteiger partial charge in [-0.2, -0.15) is 0 Å². The number of rotatable bonds is 16. The number of nitrogens with zero attached hydrogens (tertiary/aromatic N) is 3. The van der Waals surface area contributed by atoms with Crippen LogP contribution in [0.3, 0.4) is 0 Å². The van der Waals surface area contributed by atoms with E-state index in [1.54, 1.807) is 30.5 Å². The third-order valence-electron chi connectivity index (χ3n) is 14.2. The summed E-state index contributed by atoms with van der Waals surface area (Å²) in [5.74, 6) is -15.7. The number of benzene rings is 1. The Morgan fingerprint density at radius 2 is 1.15 bits per heavy atom. The lowest BCUT2D eigenvalue weighted by Crippen LogP contribution is -2.61. The quantitative estimate of drug-likeness (QED) is 0.0321. The van der Waals surface area contributed by atoms with E-state index in [4.69, 9.17) is 34.4 Å². The molecule has 500 valence electrons. The minimum atomic E-state index is -1.94. The van der Waals surface area contributed by atoms with Crippen molar-refractivity contribution in [1.82, 2.24) is 63.1 Å². The monoisotopic (exact) mass is 1350 g/mol. The highest BCUT2D eigenvalue weighted by Gasteiger charge is 2.42. The molecule has 25 N–H and O–H groups in total. The van der Waals surface area contributed by atoms with Crippen LogP contribution in [0.15, 0.2) is 40.4 Å². The van der Waals surface area contributed by atoms with Gasteiger partial charge in [-0.1, -0.05) is 61.4 Å². The fraction of sp³-hybridized carbons (Fsp3) is 0.558. The SMILES string of the molecule is C[C@@H]1NC(=O)[C@H]2CSSC[C@H](NC(=O)CN)C(=O)N[C@@H](CSSCC(C(N)=O)NC(=O)[C@H](CCCN=C(N)N)NC(=O)[C@H](Cc3c[nH]c4ccccc34)NC1=O)C(=O)N[C@@H](CO)C(=O)N[C@@H](CC(=O)O)C(=O)N1CCC[C@H]1C(=O)N[C@@H](CCCN=C(N)N)C(=O)N2. The number of aliphatic carboxylic acids is 1. The van der Waals surface area contributed by atoms with Crippen LogP contribution in [0.1, 0.15) is 57.4 Å². The fourth-order valence-corrected chi connectivity index (χ4v) is 14.1. The largest absolute Gasteiger partial charge is 0.481 e. The first-order chi connectivity index (χ1) is 43.3. The van der Waals surface area contributed by atoms with E-state index < -0.39 is 169 Å². The molecule has 2 bridgehead atoms. The number of carboxylic acid groups (broad SMARTS) is 1. The van der Waals surface area contributed by atoms with Gasteiger partial charge in [-0.05, 0) is 57.1 Å². The summed E-state index contributed by atoms with van der Waals surface area (Å²) in [6.07, 6.45) is 0.298. The number of para-hydroxylation sites is 1. The molecule has 4 heterocycles. The lowest BCUT2D eigenvalue weighted by molar-refractivity contribution is -0.146. The Morgan fingerprint density at radius 3 is 1.76 bits per heavy atom. The molecule has 91 heavy (non-hydrogen) atoms. The van der Waals surface area contributed by atoms with Gasteiger partial charge in [-0.3, -0.25) is 72.3 Å². The maximum absolute atomic E-state index is 14.7. The van der Waals surface area contributed by atoms with Gasteiger partial charge < -0.3 is 108 Å². The molecule has 1 unspecified atom stereocenters. The predicted molar refractivity (Wildman–Crippen MR) is 339 cm³/mol. The van der Waals surface area contributed by atoms with Crippen molar-refractivity contribution < 1.29 is 72.5 Å². The van der Waals surface area contributed by atoms with Crippen molar-refractivity contribution in [3.8, 4) is 0 Å². The van der Waals surface area contributed by atoms with Gasteiger partial charge in [0.05, 0.1) is 19.6 Å². The first-order valence-electron chi connectivity index (χ1n) is 28.6. The Hall–Kier alpha value is -8.27. The van der Waals surface area contributed by atoms with E-state index in [1.807, 2.05) is 0 Å². The van der Waals surface area contributed by atoms with Crippen LogP contribution in [0.2, 0.25) is 0 Å². The number of aliphatic hydroxyl groups is 1. The number of amides is 12. The first kappa shape index (κ1) is 73.5. The number of primary amides is 1. The van der Waals surface area contributed by atoms with E-state index in [0.29, 0.717) is 16.5 Å². The number of carbonyl (C=O) groups is 13. The number of nitrogens with one attached hydrogen (secondary N) is 11. The molecule has 0 spiro atoms. The molecule has 5 rings (SSSR count). The van der Waals surface area contributed by atoms with Crippen molar-refractivity contribution in [2.24, 2.45) is 44.4 Å². The summed E-state index contributed by atoms with van der Waals surface area (Å²) in [5.41, 5.74) is 34.8. The van der Waals surface area contributed by atoms with Gasteiger partial charge in [0.2, 0.25) is 70.9 Å². The summed E-state index contributed by atoms with van der Waals surface area (Å²) in [5, 5.41) is 46.2. The van der Waals surface area contributed by atoms with E-state index in [9.17, 15) is 72.5 Å². The lowest BCUT2D eigenvalue weighted by atomic mass is 10.0. The number of fused-ring (bicyclic) bond motifs is 10. The van der Waals surface area contributed by atoms with Crippen molar-refractivity contribution >= 4 is 143 Å². The van der Waals surface area contributed by atoms with Crippen molar-refractivity contribution in [2.45, 2.75) is 125 Å². The minimum Gasteiger partial charge on any atom is -0.481 e. The van der Waals surface area contributed by atoms with Crippen LogP contribution < -0.4 is 87.6 Å². The highest BCUT2D eigenvalue weighted by atomic mass is 33.1. The van der Waals surface area contributed by atoms with Crippen molar-refractivity contribution in [1.29, 1.82) is 0 Å². The van der Waals surface area contributed by atoms with Crippen LogP contribution in [0.5, 0.6) is 0 Å². The van der Waals surface area contributed by atoms with Gasteiger partial charge in [0, 0.05) is 66.2 Å². The fourth-order valence-electron chi connectivity index (χ4n) is 9.39. The molecule has 12 amide bonds. The van der Waals surface area contributed by atoms with Crippen molar-refractivity contribution in [2.75, 3.05) is 55.8 Å². The molecule has 3 aliphatic rings. The zero-order valence-electron chi connectivity index (χ0n) is 49.4. The minimum absolute atomic E-state index is 0.0125. The maximum Gasteiger partial charge on any atom is 0.305 e. The van der Waals surface area contributed by atoms with Crippen molar-refractivity contribution in [3.05, 3.63) is 36.0 Å². The van der Waals surface area contributed by atoms with E-state index in [2.05, 4.69) is 68.1 Å². The number of aromatic nitrogens is 1. The third kappa shape index (κ3) is 23.2. The Labute approximate surface area is 536 Å². The second kappa shape index (κ2) is 36.5. The molecule has 11 atom stereocenters. The third-order valence-corrected chi connectivity index (χ3v) is 19.0. The number of nitrogens with two attached hydrogens (primary N) is 6. The first-order valence-corrected chi connectivity index (χ1v) is 33.6. The molecule has 1 aromatic heterocycles. The summed E-state index contributed by atoms with van der Waals surface area (Å²) in [7, 11) is 3.46. The zero-order valence-corrected chi connectivity index (χ0v) is 52.7. The van der Waals surface area contributed by atoms with E-state index >= 15 is 0 Å². The van der Waals surface area contributed by atoms with Crippen LogP contribution in [-0.2, 0) is 68.7 Å². The molecule has 35 nitrogen and oxygen atoms in total. The number of carboxylic acids is 1. The van der Waals surface area contributed by atoms with E-state index in [0.717, 1.165) is 48.1 Å². The molecule has 2 aromatic rings. The van der Waals surface area contributed by atoms with Gasteiger partial charge in [0.25, 0.3) is 0 Å². The van der Waals surface area contributed by atoms with Crippen LogP contribution in [-0.4, -0.2) is 231 Å². The molecule has 0 radical (unpaired) electrons. The molecule has 0 aliphatic carbocycles. The number of H-pyrrole nitrogens is 1. The van der Waals surface area contributed by atoms with Gasteiger partial charge >= 0.3 is 5.97 Å². The van der Waals surface area contributed by atoms with Gasteiger partial charge in [-0.15, -0.1) is 0 Å². The van der Waals surface area contributed by atoms with Gasteiger partial charge in [0.15, 0.2) is 11.9 Å². The molecule has 3 fully saturated rings. The Balaban J connectivity index is 1.66. The van der Waals surface area contributed by atoms with Gasteiger partial charge in [-0.25, -0.2) is 0 Å². The summed E-state index contributed by atoms with van der Waals surface area (Å²) in [4.78, 5) is 194. The number of hydrogen-bond acceptors (Lipinski definition) is 21. The van der Waals surface area contributed by atoms with Crippen molar-refractivity contribution in [3.63, 3.8) is 0 Å². The number of aliphatic hydroxyl groups excluding tert-OH is 1. The number of carbonyl (C=O) groups excluding carboxylic acids is 12. The highest BCUT2D eigenvalue weighted by molar-refractivity contribution is 8.77. The van der Waals surface area contributed by atoms with Gasteiger partial charge in [0.1, 0.15) is 66.5 Å². The molecular weight excluding hydrogens is 1270 g/mol. The Morgan fingerprint density at radius 1 is 0.626 bits per heavy atom. The van der Waals surface area contributed by atoms with E-state index in [-0.39, 0.29) is 93.8 Å². The topological polar surface area (TPSA) is 583 Å².